The second-order valence-corrected chi connectivity index (χ2v) is 5.31. The van der Waals surface area contributed by atoms with Crippen molar-refractivity contribution in [2.45, 2.75) is 17.9 Å². The van der Waals surface area contributed by atoms with Gasteiger partial charge in [0.15, 0.2) is 0 Å². The van der Waals surface area contributed by atoms with Gasteiger partial charge in [-0.15, -0.1) is 0 Å². The molecule has 0 fully saturated rings. The lowest BCUT2D eigenvalue weighted by Crippen LogP contribution is -2.35. The fourth-order valence-electron chi connectivity index (χ4n) is 1.17. The summed E-state index contributed by atoms with van der Waals surface area (Å²) in [5, 5.41) is 8.77. The topological polar surface area (TPSA) is 109 Å². The molecule has 17 heavy (non-hydrogen) atoms. The summed E-state index contributed by atoms with van der Waals surface area (Å²) >= 11 is 0. The summed E-state index contributed by atoms with van der Waals surface area (Å²) in [6.45, 7) is 1.24. The largest absolute Gasteiger partial charge is 0.395 e. The number of primary amides is 1. The SMILES string of the molecule is C[C@@H](CO)NS(=O)(=O)c1ccc(C(N)=O)cc1. The van der Waals surface area contributed by atoms with Crippen LogP contribution in [0.15, 0.2) is 29.2 Å². The number of aliphatic hydroxyl groups is 1. The van der Waals surface area contributed by atoms with Gasteiger partial charge in [-0.1, -0.05) is 0 Å². The Hall–Kier alpha value is -1.44. The number of nitrogens with one attached hydrogen (secondary N) is 1. The molecule has 6 nitrogen and oxygen atoms in total. The van der Waals surface area contributed by atoms with E-state index < -0.39 is 22.0 Å². The summed E-state index contributed by atoms with van der Waals surface area (Å²) in [7, 11) is -3.68. The summed E-state index contributed by atoms with van der Waals surface area (Å²) < 4.78 is 25.8. The lowest BCUT2D eigenvalue weighted by atomic mass is 10.2. The van der Waals surface area contributed by atoms with Crippen molar-refractivity contribution in [2.24, 2.45) is 5.73 Å². The van der Waals surface area contributed by atoms with Crippen molar-refractivity contribution in [1.82, 2.24) is 4.72 Å². The van der Waals surface area contributed by atoms with E-state index in [0.717, 1.165) is 0 Å². The summed E-state index contributed by atoms with van der Waals surface area (Å²) in [6.07, 6.45) is 0. The molecular formula is C10H14N2O4S. The Kier molecular flexibility index (Phi) is 4.22. The fraction of sp³-hybridized carbons (Fsp3) is 0.300. The van der Waals surface area contributed by atoms with Crippen molar-refractivity contribution in [3.63, 3.8) is 0 Å². The molecular weight excluding hydrogens is 244 g/mol. The van der Waals surface area contributed by atoms with Gasteiger partial charge >= 0.3 is 0 Å². The van der Waals surface area contributed by atoms with Gasteiger partial charge in [0.25, 0.3) is 0 Å². The number of sulfonamides is 1. The number of carbonyl (C=O) groups excluding carboxylic acids is 1. The molecule has 0 radical (unpaired) electrons. The minimum atomic E-state index is -3.68. The molecule has 0 aliphatic carbocycles. The van der Waals surface area contributed by atoms with Crippen molar-refractivity contribution in [2.75, 3.05) is 6.61 Å². The minimum Gasteiger partial charge on any atom is -0.395 e. The third kappa shape index (κ3) is 3.52. The molecule has 0 aromatic heterocycles. The number of rotatable bonds is 5. The van der Waals surface area contributed by atoms with Gasteiger partial charge in [-0.3, -0.25) is 4.79 Å². The summed E-state index contributed by atoms with van der Waals surface area (Å²) in [6, 6.07) is 4.66. The maximum atomic E-state index is 11.7. The van der Waals surface area contributed by atoms with Crippen LogP contribution in [-0.2, 0) is 10.0 Å². The molecule has 0 saturated carbocycles. The van der Waals surface area contributed by atoms with Crippen LogP contribution in [0.1, 0.15) is 17.3 Å². The summed E-state index contributed by atoms with van der Waals surface area (Å²) in [5.41, 5.74) is 5.27. The monoisotopic (exact) mass is 258 g/mol. The molecule has 0 aliphatic heterocycles. The molecule has 1 rings (SSSR count). The van der Waals surface area contributed by atoms with Crippen molar-refractivity contribution in [3.8, 4) is 0 Å². The number of hydrogen-bond acceptors (Lipinski definition) is 4. The van der Waals surface area contributed by atoms with E-state index in [2.05, 4.69) is 4.72 Å². The molecule has 0 spiro atoms. The molecule has 0 aliphatic rings. The predicted octanol–water partition coefficient (Wildman–Crippen LogP) is -0.555. The molecule has 7 heteroatoms. The van der Waals surface area contributed by atoms with E-state index in [1.165, 1.54) is 31.2 Å². The normalized spacial score (nSPS) is 13.3. The number of benzene rings is 1. The van der Waals surface area contributed by atoms with Crippen molar-refractivity contribution >= 4 is 15.9 Å². The van der Waals surface area contributed by atoms with Gasteiger partial charge in [-0.05, 0) is 31.2 Å². The Bertz CT molecular complexity index is 496. The fourth-order valence-corrected chi connectivity index (χ4v) is 2.40. The summed E-state index contributed by atoms with van der Waals surface area (Å²) in [4.78, 5) is 10.8. The van der Waals surface area contributed by atoms with Crippen LogP contribution in [-0.4, -0.2) is 32.1 Å². The van der Waals surface area contributed by atoms with E-state index >= 15 is 0 Å². The van der Waals surface area contributed by atoms with Crippen LogP contribution in [0.25, 0.3) is 0 Å². The second kappa shape index (κ2) is 5.26. The lowest BCUT2D eigenvalue weighted by molar-refractivity contribution is 0.1000. The molecule has 4 N–H and O–H groups in total. The van der Waals surface area contributed by atoms with Gasteiger partial charge in [0, 0.05) is 11.6 Å². The average Bonchev–Trinajstić information content (AvgIpc) is 2.28. The molecule has 1 amide bonds. The molecule has 1 aromatic carbocycles. The lowest BCUT2D eigenvalue weighted by Gasteiger charge is -2.11. The van der Waals surface area contributed by atoms with Gasteiger partial charge in [0.05, 0.1) is 11.5 Å². The van der Waals surface area contributed by atoms with E-state index in [1.54, 1.807) is 0 Å². The average molecular weight is 258 g/mol. The zero-order valence-corrected chi connectivity index (χ0v) is 10.1. The van der Waals surface area contributed by atoms with Crippen molar-refractivity contribution in [1.29, 1.82) is 0 Å². The molecule has 0 heterocycles. The van der Waals surface area contributed by atoms with Crippen LogP contribution in [0.2, 0.25) is 0 Å². The Morgan fingerprint density at radius 1 is 1.41 bits per heavy atom. The maximum Gasteiger partial charge on any atom is 0.248 e. The molecule has 1 aromatic rings. The third-order valence-corrected chi connectivity index (χ3v) is 3.68. The molecule has 94 valence electrons. The highest BCUT2D eigenvalue weighted by molar-refractivity contribution is 7.89. The van der Waals surface area contributed by atoms with E-state index in [1.807, 2.05) is 0 Å². The minimum absolute atomic E-state index is 0.0165. The molecule has 1 atom stereocenters. The van der Waals surface area contributed by atoms with Crippen LogP contribution in [0.4, 0.5) is 0 Å². The van der Waals surface area contributed by atoms with Crippen LogP contribution in [0.3, 0.4) is 0 Å². The zero-order valence-electron chi connectivity index (χ0n) is 9.25. The summed E-state index contributed by atoms with van der Waals surface area (Å²) in [5.74, 6) is -0.620. The van der Waals surface area contributed by atoms with E-state index in [4.69, 9.17) is 10.8 Å². The van der Waals surface area contributed by atoms with Crippen LogP contribution in [0, 0.1) is 0 Å². The highest BCUT2D eigenvalue weighted by Crippen LogP contribution is 2.10. The van der Waals surface area contributed by atoms with E-state index in [-0.39, 0.29) is 17.1 Å². The first-order valence-corrected chi connectivity index (χ1v) is 6.38. The van der Waals surface area contributed by atoms with Crippen LogP contribution in [0.5, 0.6) is 0 Å². The van der Waals surface area contributed by atoms with E-state index in [0.29, 0.717) is 0 Å². The molecule has 0 bridgehead atoms. The second-order valence-electron chi connectivity index (χ2n) is 3.59. The Morgan fingerprint density at radius 2 is 1.94 bits per heavy atom. The van der Waals surface area contributed by atoms with Crippen molar-refractivity contribution < 1.29 is 18.3 Å². The number of nitrogens with two attached hydrogens (primary N) is 1. The van der Waals surface area contributed by atoms with Crippen LogP contribution >= 0.6 is 0 Å². The molecule has 0 unspecified atom stereocenters. The third-order valence-electron chi connectivity index (χ3n) is 2.08. The zero-order chi connectivity index (χ0) is 13.1. The maximum absolute atomic E-state index is 11.7. The van der Waals surface area contributed by atoms with E-state index in [9.17, 15) is 13.2 Å². The molecule has 0 saturated heterocycles. The van der Waals surface area contributed by atoms with Crippen LogP contribution < -0.4 is 10.5 Å². The Labute approximate surface area is 99.5 Å². The standard InChI is InChI=1S/C10H14N2O4S/c1-7(6-13)12-17(15,16)9-4-2-8(3-5-9)10(11)14/h2-5,7,12-13H,6H2,1H3,(H2,11,14)/t7-/m0/s1. The first-order valence-electron chi connectivity index (χ1n) is 4.90. The highest BCUT2D eigenvalue weighted by atomic mass is 32.2. The van der Waals surface area contributed by atoms with Gasteiger partial charge in [-0.2, -0.15) is 0 Å². The van der Waals surface area contributed by atoms with Gasteiger partial charge in [-0.25, -0.2) is 13.1 Å². The quantitative estimate of drug-likeness (QED) is 0.658. The first kappa shape index (κ1) is 13.6. The highest BCUT2D eigenvalue weighted by Gasteiger charge is 2.16. The smallest absolute Gasteiger partial charge is 0.248 e. The first-order chi connectivity index (χ1) is 7.86. The van der Waals surface area contributed by atoms with Gasteiger partial charge in [0.2, 0.25) is 15.9 Å². The Morgan fingerprint density at radius 3 is 2.35 bits per heavy atom. The number of amides is 1. The van der Waals surface area contributed by atoms with Gasteiger partial charge in [0.1, 0.15) is 0 Å². The number of hydrogen-bond donors (Lipinski definition) is 3. The van der Waals surface area contributed by atoms with Crippen molar-refractivity contribution in [3.05, 3.63) is 29.8 Å². The predicted molar refractivity (Wildman–Crippen MR) is 61.8 cm³/mol. The number of aliphatic hydroxyl groups excluding tert-OH is 1. The Balaban J connectivity index is 2.96. The van der Waals surface area contributed by atoms with Gasteiger partial charge < -0.3 is 10.8 Å². The number of carbonyl (C=O) groups is 1.